The van der Waals surface area contributed by atoms with Gasteiger partial charge >= 0.3 is 0 Å². The largest absolute Gasteiger partial charge is 0.330 e. The normalized spacial score (nSPS) is 10.9. The van der Waals surface area contributed by atoms with Gasteiger partial charge in [-0.05, 0) is 27.7 Å². The minimum absolute atomic E-state index is 0.0583. The Balaban J connectivity index is 2.92. The lowest BCUT2D eigenvalue weighted by molar-refractivity contribution is -0.116. The van der Waals surface area contributed by atoms with E-state index < -0.39 is 0 Å². The molecule has 0 aliphatic carbocycles. The van der Waals surface area contributed by atoms with Crippen molar-refractivity contribution in [1.29, 1.82) is 0 Å². The van der Waals surface area contributed by atoms with E-state index >= 15 is 0 Å². The molecular weight excluding hydrogens is 204 g/mol. The number of carbonyl (C=O) groups is 1. The predicted molar refractivity (Wildman–Crippen MR) is 64.4 cm³/mol. The number of anilines is 1. The molecule has 0 aromatic carbocycles. The first-order chi connectivity index (χ1) is 7.47. The molecule has 0 radical (unpaired) electrons. The van der Waals surface area contributed by atoms with E-state index in [1.165, 1.54) is 0 Å². The molecule has 3 N–H and O–H groups in total. The summed E-state index contributed by atoms with van der Waals surface area (Å²) < 4.78 is 1.91. The molecule has 0 aliphatic rings. The zero-order chi connectivity index (χ0) is 12.3. The van der Waals surface area contributed by atoms with Crippen LogP contribution < -0.4 is 11.1 Å². The number of hydrogen-bond acceptors (Lipinski definition) is 3. The third kappa shape index (κ3) is 2.61. The third-order valence-electron chi connectivity index (χ3n) is 2.45. The van der Waals surface area contributed by atoms with Crippen molar-refractivity contribution < 1.29 is 4.79 Å². The van der Waals surface area contributed by atoms with Gasteiger partial charge in [-0.15, -0.1) is 0 Å². The highest BCUT2D eigenvalue weighted by Gasteiger charge is 2.14. The number of nitrogens with two attached hydrogens (primary N) is 1. The Morgan fingerprint density at radius 1 is 1.50 bits per heavy atom. The topological polar surface area (TPSA) is 72.9 Å². The number of rotatable bonds is 4. The monoisotopic (exact) mass is 224 g/mol. The van der Waals surface area contributed by atoms with E-state index in [1.54, 1.807) is 0 Å². The van der Waals surface area contributed by atoms with Crippen molar-refractivity contribution in [3.63, 3.8) is 0 Å². The first-order valence-electron chi connectivity index (χ1n) is 5.53. The molecule has 0 atom stereocenters. The van der Waals surface area contributed by atoms with Crippen LogP contribution in [-0.2, 0) is 4.79 Å². The summed E-state index contributed by atoms with van der Waals surface area (Å²) in [6.07, 6.45) is 0.339. The van der Waals surface area contributed by atoms with E-state index in [9.17, 15) is 4.79 Å². The summed E-state index contributed by atoms with van der Waals surface area (Å²) in [7, 11) is 0. The van der Waals surface area contributed by atoms with Gasteiger partial charge in [-0.3, -0.25) is 9.48 Å². The fourth-order valence-electron chi connectivity index (χ4n) is 1.68. The van der Waals surface area contributed by atoms with E-state index in [-0.39, 0.29) is 5.91 Å². The summed E-state index contributed by atoms with van der Waals surface area (Å²) in [4.78, 5) is 11.5. The fourth-order valence-corrected chi connectivity index (χ4v) is 1.68. The molecule has 16 heavy (non-hydrogen) atoms. The molecule has 1 rings (SSSR count). The number of nitrogens with zero attached hydrogens (tertiary/aromatic N) is 2. The number of nitrogens with one attached hydrogen (secondary N) is 1. The summed E-state index contributed by atoms with van der Waals surface area (Å²) >= 11 is 0. The number of amides is 1. The van der Waals surface area contributed by atoms with Crippen molar-refractivity contribution in [3.05, 3.63) is 11.4 Å². The van der Waals surface area contributed by atoms with Gasteiger partial charge in [-0.2, -0.15) is 5.10 Å². The number of aromatic nitrogens is 2. The van der Waals surface area contributed by atoms with Crippen LogP contribution >= 0.6 is 0 Å². The Hall–Kier alpha value is -1.36. The lowest BCUT2D eigenvalue weighted by atomic mass is 10.3. The highest BCUT2D eigenvalue weighted by molar-refractivity contribution is 5.91. The smallest absolute Gasteiger partial charge is 0.225 e. The molecule has 0 saturated heterocycles. The summed E-state index contributed by atoms with van der Waals surface area (Å²) in [6.45, 7) is 8.33. The molecule has 0 unspecified atom stereocenters. The zero-order valence-corrected chi connectivity index (χ0v) is 10.4. The maximum atomic E-state index is 11.5. The third-order valence-corrected chi connectivity index (χ3v) is 2.45. The van der Waals surface area contributed by atoms with Gasteiger partial charge in [0.05, 0.1) is 17.1 Å². The zero-order valence-electron chi connectivity index (χ0n) is 10.4. The lowest BCUT2D eigenvalue weighted by Gasteiger charge is -2.09. The van der Waals surface area contributed by atoms with Crippen molar-refractivity contribution in [2.45, 2.75) is 40.2 Å². The summed E-state index contributed by atoms with van der Waals surface area (Å²) in [5.74, 6) is -0.0583. The average Bonchev–Trinajstić information content (AvgIpc) is 2.46. The standard InChI is InChI=1S/C11H20N4O/c1-7(2)15-9(4)11(8(3)14-15)13-10(16)5-6-12/h7H,5-6,12H2,1-4H3,(H,13,16). The molecule has 1 amide bonds. The van der Waals surface area contributed by atoms with Gasteiger partial charge in [0.15, 0.2) is 0 Å². The maximum Gasteiger partial charge on any atom is 0.225 e. The van der Waals surface area contributed by atoms with Crippen molar-refractivity contribution in [2.75, 3.05) is 11.9 Å². The summed E-state index contributed by atoms with van der Waals surface area (Å²) in [5, 5.41) is 7.25. The lowest BCUT2D eigenvalue weighted by Crippen LogP contribution is -2.17. The van der Waals surface area contributed by atoms with Gasteiger partial charge in [0.1, 0.15) is 0 Å². The van der Waals surface area contributed by atoms with Gasteiger partial charge < -0.3 is 11.1 Å². The molecule has 0 bridgehead atoms. The predicted octanol–water partition coefficient (Wildman–Crippen LogP) is 1.37. The van der Waals surface area contributed by atoms with E-state index in [0.717, 1.165) is 17.1 Å². The van der Waals surface area contributed by atoms with E-state index in [0.29, 0.717) is 19.0 Å². The molecule has 0 spiro atoms. The molecule has 5 nitrogen and oxygen atoms in total. The SMILES string of the molecule is Cc1nn(C(C)C)c(C)c1NC(=O)CCN. The highest BCUT2D eigenvalue weighted by atomic mass is 16.1. The van der Waals surface area contributed by atoms with Crippen LogP contribution in [0.3, 0.4) is 0 Å². The van der Waals surface area contributed by atoms with Crippen LogP contribution in [0, 0.1) is 13.8 Å². The van der Waals surface area contributed by atoms with Gasteiger partial charge in [0.2, 0.25) is 5.91 Å². The van der Waals surface area contributed by atoms with Crippen LogP contribution in [0.5, 0.6) is 0 Å². The van der Waals surface area contributed by atoms with E-state index in [1.807, 2.05) is 18.5 Å². The number of carbonyl (C=O) groups excluding carboxylic acids is 1. The average molecular weight is 224 g/mol. The fraction of sp³-hybridized carbons (Fsp3) is 0.636. The van der Waals surface area contributed by atoms with E-state index in [4.69, 9.17) is 5.73 Å². The van der Waals surface area contributed by atoms with Gasteiger partial charge in [0, 0.05) is 19.0 Å². The number of aryl methyl sites for hydroxylation is 1. The maximum absolute atomic E-state index is 11.5. The summed E-state index contributed by atoms with van der Waals surface area (Å²) in [6, 6.07) is 0.291. The Bertz CT molecular complexity index is 382. The molecule has 5 heteroatoms. The van der Waals surface area contributed by atoms with Crippen LogP contribution in [0.25, 0.3) is 0 Å². The Labute approximate surface area is 96.0 Å². The van der Waals surface area contributed by atoms with Crippen LogP contribution in [0.1, 0.15) is 37.7 Å². The minimum atomic E-state index is -0.0583. The second-order valence-corrected chi connectivity index (χ2v) is 4.17. The first-order valence-corrected chi connectivity index (χ1v) is 5.53. The molecule has 1 aromatic heterocycles. The molecule has 0 saturated carbocycles. The van der Waals surface area contributed by atoms with Crippen LogP contribution in [-0.4, -0.2) is 22.2 Å². The quantitative estimate of drug-likeness (QED) is 0.811. The molecule has 1 heterocycles. The van der Waals surface area contributed by atoms with Gasteiger partial charge in [0.25, 0.3) is 0 Å². The Morgan fingerprint density at radius 3 is 2.56 bits per heavy atom. The number of hydrogen-bond donors (Lipinski definition) is 2. The van der Waals surface area contributed by atoms with E-state index in [2.05, 4.69) is 24.3 Å². The van der Waals surface area contributed by atoms with Crippen LogP contribution in [0.15, 0.2) is 0 Å². The minimum Gasteiger partial charge on any atom is -0.330 e. The molecule has 0 fully saturated rings. The second-order valence-electron chi connectivity index (χ2n) is 4.17. The van der Waals surface area contributed by atoms with Gasteiger partial charge in [-0.1, -0.05) is 0 Å². The Kier molecular flexibility index (Phi) is 4.06. The van der Waals surface area contributed by atoms with Crippen LogP contribution in [0.2, 0.25) is 0 Å². The molecule has 0 aliphatic heterocycles. The second kappa shape index (κ2) is 5.12. The molecule has 90 valence electrons. The van der Waals surface area contributed by atoms with Gasteiger partial charge in [-0.25, -0.2) is 0 Å². The van der Waals surface area contributed by atoms with Crippen molar-refractivity contribution in [2.24, 2.45) is 5.73 Å². The van der Waals surface area contributed by atoms with Crippen molar-refractivity contribution >= 4 is 11.6 Å². The van der Waals surface area contributed by atoms with Crippen molar-refractivity contribution in [3.8, 4) is 0 Å². The molecule has 1 aromatic rings. The Morgan fingerprint density at radius 2 is 2.12 bits per heavy atom. The van der Waals surface area contributed by atoms with Crippen molar-refractivity contribution in [1.82, 2.24) is 9.78 Å². The summed E-state index contributed by atoms with van der Waals surface area (Å²) in [5.41, 5.74) is 7.97. The highest BCUT2D eigenvalue weighted by Crippen LogP contribution is 2.22. The molecular formula is C11H20N4O. The van der Waals surface area contributed by atoms with Crippen LogP contribution in [0.4, 0.5) is 5.69 Å². The first kappa shape index (κ1) is 12.7.